The van der Waals surface area contributed by atoms with E-state index in [9.17, 15) is 4.79 Å². The SMILES string of the molecule is C=CCNC(=O)c1ccc(OC)c(COc2ccc(C)cc2)c1. The van der Waals surface area contributed by atoms with Crippen LogP contribution in [0, 0.1) is 6.92 Å². The van der Waals surface area contributed by atoms with Gasteiger partial charge in [-0.25, -0.2) is 0 Å². The lowest BCUT2D eigenvalue weighted by atomic mass is 10.1. The van der Waals surface area contributed by atoms with E-state index >= 15 is 0 Å². The molecule has 2 aromatic carbocycles. The Hall–Kier alpha value is -2.75. The van der Waals surface area contributed by atoms with E-state index in [-0.39, 0.29) is 5.91 Å². The molecule has 0 bridgehead atoms. The largest absolute Gasteiger partial charge is 0.496 e. The van der Waals surface area contributed by atoms with Crippen LogP contribution in [0.4, 0.5) is 0 Å². The second kappa shape index (κ2) is 8.03. The second-order valence-electron chi connectivity index (χ2n) is 5.13. The van der Waals surface area contributed by atoms with E-state index in [1.54, 1.807) is 31.4 Å². The maximum Gasteiger partial charge on any atom is 0.251 e. The number of amides is 1. The van der Waals surface area contributed by atoms with Crippen LogP contribution in [-0.2, 0) is 6.61 Å². The number of nitrogens with one attached hydrogen (secondary N) is 1. The molecule has 1 N–H and O–H groups in total. The quantitative estimate of drug-likeness (QED) is 0.796. The van der Waals surface area contributed by atoms with Crippen LogP contribution in [0.2, 0.25) is 0 Å². The fourth-order valence-corrected chi connectivity index (χ4v) is 2.10. The van der Waals surface area contributed by atoms with Gasteiger partial charge in [-0.05, 0) is 37.3 Å². The van der Waals surface area contributed by atoms with Crippen LogP contribution in [0.25, 0.3) is 0 Å². The van der Waals surface area contributed by atoms with Gasteiger partial charge in [0, 0.05) is 17.7 Å². The van der Waals surface area contributed by atoms with Gasteiger partial charge in [0.05, 0.1) is 7.11 Å². The highest BCUT2D eigenvalue weighted by molar-refractivity contribution is 5.94. The molecule has 0 fully saturated rings. The Balaban J connectivity index is 2.13. The maximum absolute atomic E-state index is 12.0. The molecular weight excluding hydrogens is 290 g/mol. The smallest absolute Gasteiger partial charge is 0.251 e. The molecule has 0 radical (unpaired) electrons. The van der Waals surface area contributed by atoms with Gasteiger partial charge in [0.1, 0.15) is 18.1 Å². The fraction of sp³-hybridized carbons (Fsp3) is 0.211. The molecule has 0 aliphatic carbocycles. The third kappa shape index (κ3) is 4.61. The summed E-state index contributed by atoms with van der Waals surface area (Å²) in [5, 5.41) is 2.75. The van der Waals surface area contributed by atoms with Crippen molar-refractivity contribution >= 4 is 5.91 Å². The third-order valence-corrected chi connectivity index (χ3v) is 3.36. The summed E-state index contributed by atoms with van der Waals surface area (Å²) in [7, 11) is 1.60. The van der Waals surface area contributed by atoms with E-state index in [0.29, 0.717) is 24.5 Å². The first kappa shape index (κ1) is 16.6. The standard InChI is InChI=1S/C19H21NO3/c1-4-11-20-19(21)15-7-10-18(22-3)16(12-15)13-23-17-8-5-14(2)6-9-17/h4-10,12H,1,11,13H2,2-3H3,(H,20,21). The van der Waals surface area contributed by atoms with Crippen molar-refractivity contribution in [3.8, 4) is 11.5 Å². The minimum atomic E-state index is -0.149. The van der Waals surface area contributed by atoms with E-state index < -0.39 is 0 Å². The van der Waals surface area contributed by atoms with Gasteiger partial charge < -0.3 is 14.8 Å². The number of hydrogen-bond acceptors (Lipinski definition) is 3. The Kier molecular flexibility index (Phi) is 5.80. The summed E-state index contributed by atoms with van der Waals surface area (Å²) in [6, 6.07) is 13.1. The molecule has 2 rings (SSSR count). The first-order valence-electron chi connectivity index (χ1n) is 7.39. The summed E-state index contributed by atoms with van der Waals surface area (Å²) in [5.41, 5.74) is 2.56. The maximum atomic E-state index is 12.0. The normalized spacial score (nSPS) is 10.0. The molecule has 1 amide bonds. The van der Waals surface area contributed by atoms with E-state index in [1.165, 1.54) is 5.56 Å². The van der Waals surface area contributed by atoms with Crippen LogP contribution in [0.15, 0.2) is 55.1 Å². The summed E-state index contributed by atoms with van der Waals surface area (Å²) in [4.78, 5) is 12.0. The van der Waals surface area contributed by atoms with Gasteiger partial charge in [-0.15, -0.1) is 6.58 Å². The van der Waals surface area contributed by atoms with Crippen molar-refractivity contribution in [3.63, 3.8) is 0 Å². The van der Waals surface area contributed by atoms with Crippen LogP contribution >= 0.6 is 0 Å². The molecule has 23 heavy (non-hydrogen) atoms. The second-order valence-corrected chi connectivity index (χ2v) is 5.13. The van der Waals surface area contributed by atoms with Crippen molar-refractivity contribution in [1.29, 1.82) is 0 Å². The molecule has 0 aromatic heterocycles. The molecule has 0 spiro atoms. The van der Waals surface area contributed by atoms with Gasteiger partial charge in [0.2, 0.25) is 0 Å². The van der Waals surface area contributed by atoms with Crippen LogP contribution in [-0.4, -0.2) is 19.6 Å². The lowest BCUT2D eigenvalue weighted by molar-refractivity contribution is 0.0958. The minimum absolute atomic E-state index is 0.149. The number of aryl methyl sites for hydroxylation is 1. The van der Waals surface area contributed by atoms with Gasteiger partial charge in [-0.1, -0.05) is 23.8 Å². The first-order valence-corrected chi connectivity index (χ1v) is 7.39. The Morgan fingerprint density at radius 3 is 2.61 bits per heavy atom. The number of carbonyl (C=O) groups is 1. The molecule has 0 aliphatic rings. The molecule has 0 saturated carbocycles. The zero-order valence-electron chi connectivity index (χ0n) is 13.5. The third-order valence-electron chi connectivity index (χ3n) is 3.36. The lowest BCUT2D eigenvalue weighted by Gasteiger charge is -2.12. The van der Waals surface area contributed by atoms with Crippen molar-refractivity contribution in [2.75, 3.05) is 13.7 Å². The van der Waals surface area contributed by atoms with Gasteiger partial charge in [-0.2, -0.15) is 0 Å². The number of methoxy groups -OCH3 is 1. The number of ether oxygens (including phenoxy) is 2. The van der Waals surface area contributed by atoms with Gasteiger partial charge in [0.25, 0.3) is 5.91 Å². The van der Waals surface area contributed by atoms with Crippen LogP contribution in [0.1, 0.15) is 21.5 Å². The molecule has 4 nitrogen and oxygen atoms in total. The molecule has 2 aromatic rings. The molecule has 0 unspecified atom stereocenters. The van der Waals surface area contributed by atoms with Crippen LogP contribution < -0.4 is 14.8 Å². The highest BCUT2D eigenvalue weighted by atomic mass is 16.5. The monoisotopic (exact) mass is 311 g/mol. The first-order chi connectivity index (χ1) is 11.1. The molecule has 0 aliphatic heterocycles. The van der Waals surface area contributed by atoms with Crippen molar-refractivity contribution in [2.45, 2.75) is 13.5 Å². The highest BCUT2D eigenvalue weighted by Gasteiger charge is 2.10. The Morgan fingerprint density at radius 2 is 1.96 bits per heavy atom. The van der Waals surface area contributed by atoms with Crippen molar-refractivity contribution in [3.05, 3.63) is 71.8 Å². The zero-order chi connectivity index (χ0) is 16.7. The summed E-state index contributed by atoms with van der Waals surface area (Å²) < 4.78 is 11.1. The predicted octanol–water partition coefficient (Wildman–Crippen LogP) is 3.50. The summed E-state index contributed by atoms with van der Waals surface area (Å²) >= 11 is 0. The Labute approximate surface area is 136 Å². The predicted molar refractivity (Wildman–Crippen MR) is 91.0 cm³/mol. The molecule has 0 atom stereocenters. The zero-order valence-corrected chi connectivity index (χ0v) is 13.5. The Bertz CT molecular complexity index is 678. The average molecular weight is 311 g/mol. The Morgan fingerprint density at radius 1 is 1.22 bits per heavy atom. The van der Waals surface area contributed by atoms with Gasteiger partial charge in [0.15, 0.2) is 0 Å². The summed E-state index contributed by atoms with van der Waals surface area (Å²) in [6.45, 7) is 6.37. The van der Waals surface area contributed by atoms with Crippen LogP contribution in [0.3, 0.4) is 0 Å². The fourth-order valence-electron chi connectivity index (χ4n) is 2.10. The molecule has 0 saturated heterocycles. The summed E-state index contributed by atoms with van der Waals surface area (Å²) in [6.07, 6.45) is 1.64. The summed E-state index contributed by atoms with van der Waals surface area (Å²) in [5.74, 6) is 1.32. The van der Waals surface area contributed by atoms with Crippen molar-refractivity contribution < 1.29 is 14.3 Å². The number of hydrogen-bond donors (Lipinski definition) is 1. The van der Waals surface area contributed by atoms with E-state index in [4.69, 9.17) is 9.47 Å². The van der Waals surface area contributed by atoms with Crippen molar-refractivity contribution in [1.82, 2.24) is 5.32 Å². The number of carbonyl (C=O) groups excluding carboxylic acids is 1. The number of rotatable bonds is 7. The van der Waals surface area contributed by atoms with Crippen molar-refractivity contribution in [2.24, 2.45) is 0 Å². The lowest BCUT2D eigenvalue weighted by Crippen LogP contribution is -2.23. The highest BCUT2D eigenvalue weighted by Crippen LogP contribution is 2.22. The van der Waals surface area contributed by atoms with Gasteiger partial charge >= 0.3 is 0 Å². The molecule has 4 heteroatoms. The number of benzene rings is 2. The van der Waals surface area contributed by atoms with E-state index in [2.05, 4.69) is 11.9 Å². The molecule has 0 heterocycles. The van der Waals surface area contributed by atoms with Gasteiger partial charge in [-0.3, -0.25) is 4.79 Å². The molecule has 120 valence electrons. The average Bonchev–Trinajstić information content (AvgIpc) is 2.58. The minimum Gasteiger partial charge on any atom is -0.496 e. The van der Waals surface area contributed by atoms with Crippen LogP contribution in [0.5, 0.6) is 11.5 Å². The van der Waals surface area contributed by atoms with E-state index in [1.807, 2.05) is 31.2 Å². The van der Waals surface area contributed by atoms with E-state index in [0.717, 1.165) is 11.3 Å². The molecular formula is C19H21NO3. The topological polar surface area (TPSA) is 47.6 Å².